The highest BCUT2D eigenvalue weighted by Crippen LogP contribution is 2.19. The number of halogens is 1. The molecule has 0 aliphatic carbocycles. The molecule has 0 aliphatic rings. The second kappa shape index (κ2) is 6.76. The summed E-state index contributed by atoms with van der Waals surface area (Å²) in [7, 11) is 0. The largest absolute Gasteiger partial charge is 0.480 e. The second-order valence-electron chi connectivity index (χ2n) is 5.89. The minimum Gasteiger partial charge on any atom is -0.480 e. The van der Waals surface area contributed by atoms with Gasteiger partial charge in [0.15, 0.2) is 0 Å². The summed E-state index contributed by atoms with van der Waals surface area (Å²) in [6, 6.07) is 10.5. The maximum atomic E-state index is 13.6. The number of carbonyl (C=O) groups is 2. The topological polar surface area (TPSA) is 82.2 Å². The Bertz CT molecular complexity index is 949. The standard InChI is InChI=1S/C19H17FN2O3/c1-11-6-7-12(8-15(11)20)18(23)22-17(19(24)25)9-13-10-21-16-5-3-2-4-14(13)16/h2-8,10,17,21H,9H2,1H3,(H,22,23)(H,24,25). The number of aromatic nitrogens is 1. The average molecular weight is 340 g/mol. The first-order valence-corrected chi connectivity index (χ1v) is 7.80. The molecule has 0 saturated carbocycles. The minimum absolute atomic E-state index is 0.0910. The number of fused-ring (bicyclic) bond motifs is 1. The van der Waals surface area contributed by atoms with E-state index in [0.29, 0.717) is 5.56 Å². The van der Waals surface area contributed by atoms with Gasteiger partial charge in [-0.25, -0.2) is 9.18 Å². The Balaban J connectivity index is 1.80. The number of aryl methyl sites for hydroxylation is 1. The Morgan fingerprint density at radius 3 is 2.72 bits per heavy atom. The zero-order valence-electron chi connectivity index (χ0n) is 13.5. The maximum absolute atomic E-state index is 13.6. The van der Waals surface area contributed by atoms with E-state index in [1.54, 1.807) is 13.1 Å². The van der Waals surface area contributed by atoms with E-state index in [9.17, 15) is 19.1 Å². The number of hydrogen-bond donors (Lipinski definition) is 3. The number of hydrogen-bond acceptors (Lipinski definition) is 2. The van der Waals surface area contributed by atoms with Crippen molar-refractivity contribution in [2.45, 2.75) is 19.4 Å². The minimum atomic E-state index is -1.15. The average Bonchev–Trinajstić information content (AvgIpc) is 2.99. The van der Waals surface area contributed by atoms with E-state index in [2.05, 4.69) is 10.3 Å². The van der Waals surface area contributed by atoms with Crippen molar-refractivity contribution in [3.8, 4) is 0 Å². The number of nitrogens with one attached hydrogen (secondary N) is 2. The van der Waals surface area contributed by atoms with Gasteiger partial charge in [0.05, 0.1) is 0 Å². The van der Waals surface area contributed by atoms with Crippen molar-refractivity contribution in [1.29, 1.82) is 0 Å². The molecule has 0 bridgehead atoms. The highest BCUT2D eigenvalue weighted by molar-refractivity contribution is 5.97. The fourth-order valence-corrected chi connectivity index (χ4v) is 2.70. The van der Waals surface area contributed by atoms with Crippen molar-refractivity contribution < 1.29 is 19.1 Å². The molecule has 2 aromatic carbocycles. The number of aromatic amines is 1. The molecule has 1 amide bonds. The van der Waals surface area contributed by atoms with Crippen LogP contribution >= 0.6 is 0 Å². The van der Waals surface area contributed by atoms with E-state index in [4.69, 9.17) is 0 Å². The molecule has 1 atom stereocenters. The lowest BCUT2D eigenvalue weighted by Crippen LogP contribution is -2.42. The molecule has 3 rings (SSSR count). The third-order valence-electron chi connectivity index (χ3n) is 4.14. The lowest BCUT2D eigenvalue weighted by Gasteiger charge is -2.14. The fraction of sp³-hybridized carbons (Fsp3) is 0.158. The summed E-state index contributed by atoms with van der Waals surface area (Å²) in [5.41, 5.74) is 2.20. The molecule has 1 unspecified atom stereocenters. The summed E-state index contributed by atoms with van der Waals surface area (Å²) < 4.78 is 13.6. The molecule has 6 heteroatoms. The number of para-hydroxylation sites is 1. The van der Waals surface area contributed by atoms with E-state index >= 15 is 0 Å². The lowest BCUT2D eigenvalue weighted by atomic mass is 10.0. The third-order valence-corrected chi connectivity index (χ3v) is 4.14. The Morgan fingerprint density at radius 2 is 2.00 bits per heavy atom. The summed E-state index contributed by atoms with van der Waals surface area (Å²) >= 11 is 0. The van der Waals surface area contributed by atoms with Gasteiger partial charge < -0.3 is 15.4 Å². The number of aliphatic carboxylic acids is 1. The van der Waals surface area contributed by atoms with Crippen LogP contribution in [0, 0.1) is 12.7 Å². The number of benzene rings is 2. The van der Waals surface area contributed by atoms with Crippen LogP contribution < -0.4 is 5.32 Å². The van der Waals surface area contributed by atoms with Gasteiger partial charge in [-0.2, -0.15) is 0 Å². The number of carboxylic acids is 1. The maximum Gasteiger partial charge on any atom is 0.326 e. The van der Waals surface area contributed by atoms with Crippen molar-refractivity contribution in [2.24, 2.45) is 0 Å². The second-order valence-corrected chi connectivity index (χ2v) is 5.89. The Hall–Kier alpha value is -3.15. The number of carbonyl (C=O) groups excluding carboxylic acids is 1. The molecule has 0 radical (unpaired) electrons. The molecular formula is C19H17FN2O3. The van der Waals surface area contributed by atoms with Crippen molar-refractivity contribution in [3.05, 3.63) is 71.2 Å². The van der Waals surface area contributed by atoms with Crippen molar-refractivity contribution in [2.75, 3.05) is 0 Å². The quantitative estimate of drug-likeness (QED) is 0.668. The predicted octanol–water partition coefficient (Wildman–Crippen LogP) is 3.04. The van der Waals surface area contributed by atoms with Crippen LogP contribution in [0.25, 0.3) is 10.9 Å². The van der Waals surface area contributed by atoms with E-state index in [1.807, 2.05) is 24.3 Å². The molecule has 5 nitrogen and oxygen atoms in total. The number of carboxylic acid groups (broad SMARTS) is 1. The van der Waals surface area contributed by atoms with Gasteiger partial charge in [0, 0.05) is 29.1 Å². The third kappa shape index (κ3) is 3.52. The van der Waals surface area contributed by atoms with Crippen LogP contribution in [0.3, 0.4) is 0 Å². The smallest absolute Gasteiger partial charge is 0.326 e. The zero-order valence-corrected chi connectivity index (χ0v) is 13.5. The zero-order chi connectivity index (χ0) is 18.0. The highest BCUT2D eigenvalue weighted by Gasteiger charge is 2.22. The lowest BCUT2D eigenvalue weighted by molar-refractivity contribution is -0.139. The molecule has 0 aliphatic heterocycles. The molecule has 128 valence electrons. The Labute approximate surface area is 143 Å². The summed E-state index contributed by atoms with van der Waals surface area (Å²) in [4.78, 5) is 26.9. The molecular weight excluding hydrogens is 323 g/mol. The summed E-state index contributed by atoms with van der Waals surface area (Å²) in [6.45, 7) is 1.59. The van der Waals surface area contributed by atoms with Crippen molar-refractivity contribution >= 4 is 22.8 Å². The van der Waals surface area contributed by atoms with Gasteiger partial charge in [0.25, 0.3) is 5.91 Å². The van der Waals surface area contributed by atoms with Gasteiger partial charge in [-0.3, -0.25) is 4.79 Å². The number of H-pyrrole nitrogens is 1. The van der Waals surface area contributed by atoms with Crippen molar-refractivity contribution in [1.82, 2.24) is 10.3 Å². The first-order chi connectivity index (χ1) is 12.0. The first kappa shape index (κ1) is 16.7. The fourth-order valence-electron chi connectivity index (χ4n) is 2.70. The molecule has 1 heterocycles. The predicted molar refractivity (Wildman–Crippen MR) is 92.0 cm³/mol. The SMILES string of the molecule is Cc1ccc(C(=O)NC(Cc2c[nH]c3ccccc23)C(=O)O)cc1F. The Kier molecular flexibility index (Phi) is 4.52. The molecule has 0 fully saturated rings. The first-order valence-electron chi connectivity index (χ1n) is 7.80. The number of rotatable bonds is 5. The van der Waals surface area contributed by atoms with Crippen LogP contribution in [-0.2, 0) is 11.2 Å². The Morgan fingerprint density at radius 1 is 1.24 bits per heavy atom. The van der Waals surface area contributed by atoms with Gasteiger partial charge in [-0.05, 0) is 36.2 Å². The normalized spacial score (nSPS) is 12.1. The van der Waals surface area contributed by atoms with Crippen LogP contribution in [0.5, 0.6) is 0 Å². The van der Waals surface area contributed by atoms with Crippen LogP contribution in [0.4, 0.5) is 4.39 Å². The summed E-state index contributed by atoms with van der Waals surface area (Å²) in [5.74, 6) is -2.27. The molecule has 0 saturated heterocycles. The van der Waals surface area contributed by atoms with E-state index < -0.39 is 23.7 Å². The van der Waals surface area contributed by atoms with Gasteiger partial charge in [0.1, 0.15) is 11.9 Å². The number of amides is 1. The highest BCUT2D eigenvalue weighted by atomic mass is 19.1. The monoisotopic (exact) mass is 340 g/mol. The van der Waals surface area contributed by atoms with Crippen LogP contribution in [-0.4, -0.2) is 28.0 Å². The van der Waals surface area contributed by atoms with E-state index in [0.717, 1.165) is 22.5 Å². The van der Waals surface area contributed by atoms with Gasteiger partial charge in [-0.1, -0.05) is 24.3 Å². The van der Waals surface area contributed by atoms with Gasteiger partial charge in [-0.15, -0.1) is 0 Å². The molecule has 1 aromatic heterocycles. The molecule has 25 heavy (non-hydrogen) atoms. The van der Waals surface area contributed by atoms with Crippen molar-refractivity contribution in [3.63, 3.8) is 0 Å². The molecule has 0 spiro atoms. The van der Waals surface area contributed by atoms with Crippen LogP contribution in [0.1, 0.15) is 21.5 Å². The van der Waals surface area contributed by atoms with Gasteiger partial charge in [0.2, 0.25) is 0 Å². The molecule has 3 aromatic rings. The van der Waals surface area contributed by atoms with Crippen LogP contribution in [0.2, 0.25) is 0 Å². The van der Waals surface area contributed by atoms with Gasteiger partial charge >= 0.3 is 5.97 Å². The van der Waals surface area contributed by atoms with Crippen LogP contribution in [0.15, 0.2) is 48.7 Å². The summed E-state index contributed by atoms with van der Waals surface area (Å²) in [5, 5.41) is 12.8. The van der Waals surface area contributed by atoms with E-state index in [1.165, 1.54) is 12.1 Å². The molecule has 3 N–H and O–H groups in total. The summed E-state index contributed by atoms with van der Waals surface area (Å²) in [6.07, 6.45) is 1.86. The van der Waals surface area contributed by atoms with E-state index in [-0.39, 0.29) is 12.0 Å².